The molecule has 1 N–H and O–H groups in total. The Bertz CT molecular complexity index is 342. The molecule has 19 heavy (non-hydrogen) atoms. The molecule has 0 aliphatic carbocycles. The number of unbranched alkanes of at least 4 members (excludes halogenated alkanes) is 3. The van der Waals surface area contributed by atoms with Gasteiger partial charge in [0.2, 0.25) is 0 Å². The first kappa shape index (κ1) is 16.7. The lowest BCUT2D eigenvalue weighted by molar-refractivity contribution is 0.470. The second-order valence-corrected chi connectivity index (χ2v) is 6.33. The monoisotopic (exact) mass is 325 g/mol. The maximum absolute atomic E-state index is 3.70. The number of rotatable bonds is 9. The Morgan fingerprint density at radius 3 is 2.47 bits per heavy atom. The second-order valence-electron chi connectivity index (χ2n) is 5.42. The average molecular weight is 326 g/mol. The summed E-state index contributed by atoms with van der Waals surface area (Å²) in [5, 5.41) is 3.70. The van der Waals surface area contributed by atoms with Crippen molar-refractivity contribution in [1.29, 1.82) is 0 Å². The van der Waals surface area contributed by atoms with Crippen LogP contribution >= 0.6 is 15.9 Å². The molecule has 1 nitrogen and oxygen atoms in total. The SMILES string of the molecule is CCCCCCC(NCCC)c1cc(C)cc(Br)c1. The van der Waals surface area contributed by atoms with Crippen molar-refractivity contribution >= 4 is 15.9 Å². The van der Waals surface area contributed by atoms with Gasteiger partial charge in [-0.1, -0.05) is 61.5 Å². The minimum absolute atomic E-state index is 0.507. The van der Waals surface area contributed by atoms with Crippen molar-refractivity contribution in [2.45, 2.75) is 65.3 Å². The lowest BCUT2D eigenvalue weighted by atomic mass is 9.98. The summed E-state index contributed by atoms with van der Waals surface area (Å²) in [6.45, 7) is 7.77. The van der Waals surface area contributed by atoms with Gasteiger partial charge < -0.3 is 5.32 Å². The van der Waals surface area contributed by atoms with E-state index in [4.69, 9.17) is 0 Å². The molecule has 1 atom stereocenters. The fraction of sp³-hybridized carbons (Fsp3) is 0.647. The highest BCUT2D eigenvalue weighted by Crippen LogP contribution is 2.25. The Hall–Kier alpha value is -0.340. The van der Waals surface area contributed by atoms with Gasteiger partial charge in [-0.05, 0) is 49.6 Å². The minimum atomic E-state index is 0.507. The molecule has 0 aromatic heterocycles. The predicted octanol–water partition coefficient (Wildman–Crippen LogP) is 5.77. The fourth-order valence-electron chi connectivity index (χ4n) is 2.45. The van der Waals surface area contributed by atoms with Crippen LogP contribution in [0.1, 0.15) is 69.5 Å². The molecule has 0 radical (unpaired) electrons. The predicted molar refractivity (Wildman–Crippen MR) is 88.7 cm³/mol. The zero-order chi connectivity index (χ0) is 14.1. The highest BCUT2D eigenvalue weighted by atomic mass is 79.9. The molecule has 1 rings (SSSR count). The molecule has 0 bridgehead atoms. The maximum atomic E-state index is 3.70. The van der Waals surface area contributed by atoms with Gasteiger partial charge in [0, 0.05) is 10.5 Å². The van der Waals surface area contributed by atoms with Crippen molar-refractivity contribution in [2.24, 2.45) is 0 Å². The van der Waals surface area contributed by atoms with Crippen LogP contribution in [0.3, 0.4) is 0 Å². The van der Waals surface area contributed by atoms with Crippen LogP contribution in [0.5, 0.6) is 0 Å². The van der Waals surface area contributed by atoms with Crippen LogP contribution in [0.25, 0.3) is 0 Å². The van der Waals surface area contributed by atoms with Crippen molar-refractivity contribution in [3.05, 3.63) is 33.8 Å². The van der Waals surface area contributed by atoms with Crippen molar-refractivity contribution < 1.29 is 0 Å². The summed E-state index contributed by atoms with van der Waals surface area (Å²) in [6.07, 6.45) is 7.78. The van der Waals surface area contributed by atoms with Crippen molar-refractivity contribution in [2.75, 3.05) is 6.54 Å². The third kappa shape index (κ3) is 6.58. The smallest absolute Gasteiger partial charge is 0.0320 e. The van der Waals surface area contributed by atoms with Gasteiger partial charge in [0.05, 0.1) is 0 Å². The number of halogens is 1. The Balaban J connectivity index is 2.65. The highest BCUT2D eigenvalue weighted by molar-refractivity contribution is 9.10. The maximum Gasteiger partial charge on any atom is 0.0320 e. The molecule has 1 aromatic carbocycles. The molecule has 1 unspecified atom stereocenters. The molecule has 108 valence electrons. The number of nitrogens with one attached hydrogen (secondary N) is 1. The summed E-state index contributed by atoms with van der Waals surface area (Å²) in [5.41, 5.74) is 2.76. The van der Waals surface area contributed by atoms with Crippen molar-refractivity contribution in [3.8, 4) is 0 Å². The zero-order valence-electron chi connectivity index (χ0n) is 12.6. The zero-order valence-corrected chi connectivity index (χ0v) is 14.2. The average Bonchev–Trinajstić information content (AvgIpc) is 2.36. The van der Waals surface area contributed by atoms with Gasteiger partial charge in [-0.15, -0.1) is 0 Å². The first-order chi connectivity index (χ1) is 9.17. The molecule has 0 aliphatic rings. The standard InChI is InChI=1S/C17H28BrN/c1-4-6-7-8-9-17(19-10-5-2)15-11-14(3)12-16(18)13-15/h11-13,17,19H,4-10H2,1-3H3. The van der Waals surface area contributed by atoms with Crippen LogP contribution in [0.15, 0.2) is 22.7 Å². The lowest BCUT2D eigenvalue weighted by Gasteiger charge is -2.20. The molecular weight excluding hydrogens is 298 g/mol. The van der Waals surface area contributed by atoms with Crippen LogP contribution in [0.4, 0.5) is 0 Å². The van der Waals surface area contributed by atoms with Gasteiger partial charge in [0.25, 0.3) is 0 Å². The van der Waals surface area contributed by atoms with E-state index in [-0.39, 0.29) is 0 Å². The normalized spacial score (nSPS) is 12.6. The number of benzene rings is 1. The van der Waals surface area contributed by atoms with E-state index in [1.807, 2.05) is 0 Å². The van der Waals surface area contributed by atoms with E-state index in [2.05, 4.69) is 60.2 Å². The highest BCUT2D eigenvalue weighted by Gasteiger charge is 2.11. The van der Waals surface area contributed by atoms with E-state index in [1.165, 1.54) is 54.1 Å². The summed E-state index contributed by atoms with van der Waals surface area (Å²) < 4.78 is 1.19. The van der Waals surface area contributed by atoms with Gasteiger partial charge >= 0.3 is 0 Å². The van der Waals surface area contributed by atoms with E-state index >= 15 is 0 Å². The summed E-state index contributed by atoms with van der Waals surface area (Å²) in [6, 6.07) is 7.27. The van der Waals surface area contributed by atoms with Gasteiger partial charge in [0.1, 0.15) is 0 Å². The second kappa shape index (κ2) is 9.55. The number of hydrogen-bond acceptors (Lipinski definition) is 1. The molecule has 0 spiro atoms. The topological polar surface area (TPSA) is 12.0 Å². The first-order valence-electron chi connectivity index (χ1n) is 7.67. The largest absolute Gasteiger partial charge is 0.310 e. The van der Waals surface area contributed by atoms with Gasteiger partial charge in [0.15, 0.2) is 0 Å². The first-order valence-corrected chi connectivity index (χ1v) is 8.47. The quantitative estimate of drug-likeness (QED) is 0.568. The van der Waals surface area contributed by atoms with Gasteiger partial charge in [-0.2, -0.15) is 0 Å². The summed E-state index contributed by atoms with van der Waals surface area (Å²) in [5.74, 6) is 0. The lowest BCUT2D eigenvalue weighted by Crippen LogP contribution is -2.22. The molecule has 0 saturated carbocycles. The van der Waals surface area contributed by atoms with Crippen LogP contribution < -0.4 is 5.32 Å². The van der Waals surface area contributed by atoms with Gasteiger partial charge in [-0.3, -0.25) is 0 Å². The Morgan fingerprint density at radius 2 is 1.84 bits per heavy atom. The van der Waals surface area contributed by atoms with E-state index < -0.39 is 0 Å². The third-order valence-corrected chi connectivity index (χ3v) is 3.91. The summed E-state index contributed by atoms with van der Waals surface area (Å²) in [7, 11) is 0. The van der Waals surface area contributed by atoms with Crippen LogP contribution in [-0.4, -0.2) is 6.54 Å². The molecular formula is C17H28BrN. The van der Waals surface area contributed by atoms with Crippen LogP contribution in [0, 0.1) is 6.92 Å². The third-order valence-electron chi connectivity index (χ3n) is 3.45. The Kier molecular flexibility index (Phi) is 8.40. The number of hydrogen-bond donors (Lipinski definition) is 1. The van der Waals surface area contributed by atoms with E-state index in [0.717, 1.165) is 6.54 Å². The molecule has 0 saturated heterocycles. The van der Waals surface area contributed by atoms with Crippen LogP contribution in [-0.2, 0) is 0 Å². The van der Waals surface area contributed by atoms with Crippen molar-refractivity contribution in [3.63, 3.8) is 0 Å². The number of aryl methyl sites for hydroxylation is 1. The van der Waals surface area contributed by atoms with Crippen LogP contribution in [0.2, 0.25) is 0 Å². The van der Waals surface area contributed by atoms with Crippen molar-refractivity contribution in [1.82, 2.24) is 5.32 Å². The Labute approximate surface area is 127 Å². The molecule has 2 heteroatoms. The molecule has 0 heterocycles. The van der Waals surface area contributed by atoms with E-state index in [0.29, 0.717) is 6.04 Å². The van der Waals surface area contributed by atoms with E-state index in [9.17, 15) is 0 Å². The summed E-state index contributed by atoms with van der Waals surface area (Å²) in [4.78, 5) is 0. The Morgan fingerprint density at radius 1 is 1.05 bits per heavy atom. The minimum Gasteiger partial charge on any atom is -0.310 e. The van der Waals surface area contributed by atoms with Gasteiger partial charge in [-0.25, -0.2) is 0 Å². The molecule has 0 fully saturated rings. The fourth-order valence-corrected chi connectivity index (χ4v) is 3.07. The molecule has 1 aromatic rings. The van der Waals surface area contributed by atoms with E-state index in [1.54, 1.807) is 0 Å². The summed E-state index contributed by atoms with van der Waals surface area (Å²) >= 11 is 3.61. The molecule has 0 aliphatic heterocycles. The molecule has 0 amide bonds.